The van der Waals surface area contributed by atoms with E-state index < -0.39 is 0 Å². The molecule has 4 heteroatoms. The number of hydrogen-bond donors (Lipinski definition) is 0. The maximum absolute atomic E-state index is 5.12. The van der Waals surface area contributed by atoms with Crippen molar-refractivity contribution in [1.29, 1.82) is 0 Å². The Balaban J connectivity index is 1.14. The maximum atomic E-state index is 5.12. The Kier molecular flexibility index (Phi) is 7.46. The molecule has 10 aromatic rings. The van der Waals surface area contributed by atoms with E-state index in [1.807, 2.05) is 12.1 Å². The summed E-state index contributed by atoms with van der Waals surface area (Å²) in [7, 11) is 0. The van der Waals surface area contributed by atoms with Gasteiger partial charge in [-0.3, -0.25) is 0 Å². The van der Waals surface area contributed by atoms with E-state index in [-0.39, 0.29) is 0 Å². The molecule has 1 aliphatic rings. The number of rotatable bonds is 5. The first-order chi connectivity index (χ1) is 27.8. The molecule has 0 saturated carbocycles. The third-order valence-corrected chi connectivity index (χ3v) is 10.9. The molecule has 4 nitrogen and oxygen atoms in total. The van der Waals surface area contributed by atoms with Gasteiger partial charge < -0.3 is 9.47 Å². The van der Waals surface area contributed by atoms with E-state index in [9.17, 15) is 0 Å². The molecule has 0 bridgehead atoms. The molecule has 56 heavy (non-hydrogen) atoms. The van der Waals surface area contributed by atoms with Gasteiger partial charge in [-0.05, 0) is 66.2 Å². The van der Waals surface area contributed by atoms with E-state index in [2.05, 4.69) is 204 Å². The van der Waals surface area contributed by atoms with Crippen molar-refractivity contribution in [3.63, 3.8) is 0 Å². The Morgan fingerprint density at radius 1 is 0.357 bits per heavy atom. The lowest BCUT2D eigenvalue weighted by molar-refractivity contribution is 1.16. The zero-order chi connectivity index (χ0) is 37.0. The lowest BCUT2D eigenvalue weighted by Crippen LogP contribution is -2.10. The van der Waals surface area contributed by atoms with Crippen molar-refractivity contribution in [3.8, 4) is 61.8 Å². The summed E-state index contributed by atoms with van der Waals surface area (Å²) in [6.07, 6.45) is 0. The number of fused-ring (bicyclic) bond motifs is 9. The van der Waals surface area contributed by atoms with E-state index >= 15 is 0 Å². The normalized spacial score (nSPS) is 11.9. The van der Waals surface area contributed by atoms with Gasteiger partial charge in [-0.15, -0.1) is 0 Å². The van der Waals surface area contributed by atoms with Gasteiger partial charge >= 0.3 is 0 Å². The van der Waals surface area contributed by atoms with Gasteiger partial charge in [0.1, 0.15) is 0 Å². The monoisotopic (exact) mass is 714 g/mol. The van der Waals surface area contributed by atoms with Crippen LogP contribution in [0.25, 0.3) is 83.6 Å². The lowest BCUT2D eigenvalue weighted by Gasteiger charge is -2.27. The molecule has 0 unspecified atom stereocenters. The average Bonchev–Trinajstić information content (AvgIpc) is 3.55. The van der Waals surface area contributed by atoms with Crippen LogP contribution < -0.4 is 4.90 Å². The number of para-hydroxylation sites is 4. The minimum absolute atomic E-state index is 0.694. The highest BCUT2D eigenvalue weighted by Gasteiger charge is 2.29. The summed E-state index contributed by atoms with van der Waals surface area (Å²) in [5.41, 5.74) is 16.5. The largest absolute Gasteiger partial charge is 0.309 e. The number of aromatic nitrogens is 3. The molecule has 0 amide bonds. The molecule has 1 aliphatic heterocycles. The van der Waals surface area contributed by atoms with Gasteiger partial charge in [-0.1, -0.05) is 146 Å². The molecular formula is C52H34N4. The Labute approximate surface area is 325 Å². The average molecular weight is 715 g/mol. The van der Waals surface area contributed by atoms with Crippen LogP contribution >= 0.6 is 0 Å². The summed E-state index contributed by atoms with van der Waals surface area (Å²) in [6, 6.07) is 73.3. The first-order valence-electron chi connectivity index (χ1n) is 19.0. The van der Waals surface area contributed by atoms with E-state index in [0.717, 1.165) is 56.3 Å². The minimum atomic E-state index is 0.694. The van der Waals surface area contributed by atoms with Gasteiger partial charge in [0, 0.05) is 55.5 Å². The highest BCUT2D eigenvalue weighted by molar-refractivity contribution is 6.19. The predicted molar refractivity (Wildman–Crippen MR) is 232 cm³/mol. The van der Waals surface area contributed by atoms with Crippen LogP contribution in [0.3, 0.4) is 0 Å². The number of benzene rings is 8. The van der Waals surface area contributed by atoms with Crippen molar-refractivity contribution in [1.82, 2.24) is 14.5 Å². The Morgan fingerprint density at radius 2 is 0.911 bits per heavy atom. The second-order valence-corrected chi connectivity index (χ2v) is 14.2. The summed E-state index contributed by atoms with van der Waals surface area (Å²) in [6.45, 7) is 0. The van der Waals surface area contributed by atoms with Crippen molar-refractivity contribution >= 4 is 38.9 Å². The van der Waals surface area contributed by atoms with E-state index in [1.165, 1.54) is 38.5 Å². The van der Waals surface area contributed by atoms with Crippen LogP contribution in [0.4, 0.5) is 17.1 Å². The standard InChI is InChI=1S/C52H34N4/c1-4-16-35(17-5-1)45-34-46(36-18-6-2-7-19-36)54-52(53-45)37-28-30-39(31-29-37)56-48-26-14-11-23-41(48)43-33-32-42-40-22-10-13-25-47(40)55(38-20-8-3-9-21-38)49-27-15-12-24-44(49)50(42)51(43)56/h1-34H. The highest BCUT2D eigenvalue weighted by Crippen LogP contribution is 2.53. The SMILES string of the molecule is c1ccc(-c2cc(-c3ccccc3)nc(-c3ccc(-n4c5ccccc5c5ccc6c(c54)-c4ccccc4N(c4ccccc4)c4ccccc4-6)cc3)n2)cc1. The summed E-state index contributed by atoms with van der Waals surface area (Å²) in [5.74, 6) is 0.694. The predicted octanol–water partition coefficient (Wildman–Crippen LogP) is 13.7. The van der Waals surface area contributed by atoms with Crippen LogP contribution in [0.5, 0.6) is 0 Å². The first-order valence-corrected chi connectivity index (χ1v) is 19.0. The quantitative estimate of drug-likeness (QED) is 0.178. The third kappa shape index (κ3) is 5.15. The molecule has 262 valence electrons. The van der Waals surface area contributed by atoms with Gasteiger partial charge in [-0.25, -0.2) is 9.97 Å². The van der Waals surface area contributed by atoms with Crippen LogP contribution in [0, 0.1) is 0 Å². The first kappa shape index (κ1) is 31.9. The van der Waals surface area contributed by atoms with Crippen molar-refractivity contribution in [2.75, 3.05) is 4.90 Å². The fourth-order valence-corrected chi connectivity index (χ4v) is 8.43. The second-order valence-electron chi connectivity index (χ2n) is 14.2. The molecule has 8 aromatic carbocycles. The zero-order valence-electron chi connectivity index (χ0n) is 30.4. The van der Waals surface area contributed by atoms with Gasteiger partial charge in [0.25, 0.3) is 0 Å². The second kappa shape index (κ2) is 13.1. The van der Waals surface area contributed by atoms with Gasteiger partial charge in [-0.2, -0.15) is 0 Å². The van der Waals surface area contributed by atoms with Crippen LogP contribution in [-0.2, 0) is 0 Å². The molecule has 0 saturated heterocycles. The van der Waals surface area contributed by atoms with E-state index in [0.29, 0.717) is 5.82 Å². The molecule has 11 rings (SSSR count). The Hall–Kier alpha value is -7.56. The van der Waals surface area contributed by atoms with Crippen molar-refractivity contribution in [2.24, 2.45) is 0 Å². The smallest absolute Gasteiger partial charge is 0.160 e. The van der Waals surface area contributed by atoms with Crippen molar-refractivity contribution in [3.05, 3.63) is 206 Å². The van der Waals surface area contributed by atoms with Gasteiger partial charge in [0.05, 0.1) is 33.8 Å². The lowest BCUT2D eigenvalue weighted by atomic mass is 9.92. The van der Waals surface area contributed by atoms with Gasteiger partial charge in [0.2, 0.25) is 0 Å². The van der Waals surface area contributed by atoms with Crippen LogP contribution in [-0.4, -0.2) is 14.5 Å². The summed E-state index contributed by atoms with van der Waals surface area (Å²) >= 11 is 0. The Morgan fingerprint density at radius 3 is 1.59 bits per heavy atom. The van der Waals surface area contributed by atoms with Gasteiger partial charge in [0.15, 0.2) is 5.82 Å². The van der Waals surface area contributed by atoms with Crippen molar-refractivity contribution < 1.29 is 0 Å². The molecule has 0 N–H and O–H groups in total. The van der Waals surface area contributed by atoms with E-state index in [4.69, 9.17) is 9.97 Å². The van der Waals surface area contributed by atoms with Crippen LogP contribution in [0.15, 0.2) is 206 Å². The van der Waals surface area contributed by atoms with Crippen LogP contribution in [0.2, 0.25) is 0 Å². The molecule has 0 radical (unpaired) electrons. The van der Waals surface area contributed by atoms with Crippen LogP contribution in [0.1, 0.15) is 0 Å². The molecule has 2 aromatic heterocycles. The number of anilines is 3. The maximum Gasteiger partial charge on any atom is 0.160 e. The molecule has 0 atom stereocenters. The van der Waals surface area contributed by atoms with E-state index in [1.54, 1.807) is 0 Å². The number of hydrogen-bond acceptors (Lipinski definition) is 3. The number of nitrogens with zero attached hydrogens (tertiary/aromatic N) is 4. The van der Waals surface area contributed by atoms with Crippen molar-refractivity contribution in [2.45, 2.75) is 0 Å². The summed E-state index contributed by atoms with van der Waals surface area (Å²) in [5, 5.41) is 2.44. The summed E-state index contributed by atoms with van der Waals surface area (Å²) in [4.78, 5) is 12.6. The molecule has 0 spiro atoms. The highest BCUT2D eigenvalue weighted by atomic mass is 15.1. The molecule has 0 fully saturated rings. The summed E-state index contributed by atoms with van der Waals surface area (Å²) < 4.78 is 2.45. The molecular weight excluding hydrogens is 681 g/mol. The molecule has 3 heterocycles. The third-order valence-electron chi connectivity index (χ3n) is 10.9. The molecule has 0 aliphatic carbocycles. The zero-order valence-corrected chi connectivity index (χ0v) is 30.4. The Bertz CT molecular complexity index is 3000. The fraction of sp³-hybridized carbons (Fsp3) is 0. The topological polar surface area (TPSA) is 34.0 Å². The fourth-order valence-electron chi connectivity index (χ4n) is 8.43. The minimum Gasteiger partial charge on any atom is -0.309 e.